The third kappa shape index (κ3) is 1.23. The van der Waals surface area contributed by atoms with Crippen molar-refractivity contribution in [1.29, 1.82) is 10.5 Å². The van der Waals surface area contributed by atoms with Gasteiger partial charge in [0, 0.05) is 14.1 Å². The lowest BCUT2D eigenvalue weighted by Crippen LogP contribution is -2.65. The van der Waals surface area contributed by atoms with Gasteiger partial charge in [-0.05, 0) is 62.1 Å². The van der Waals surface area contributed by atoms with E-state index in [-0.39, 0.29) is 11.1 Å². The number of allylic oxidation sites excluding steroid dienone is 4. The molecule has 0 saturated heterocycles. The molecule has 2 unspecified atom stereocenters. The first-order valence-corrected chi connectivity index (χ1v) is 7.39. The van der Waals surface area contributed by atoms with Crippen LogP contribution in [0.2, 0.25) is 0 Å². The molecule has 0 spiro atoms. The minimum absolute atomic E-state index is 0.374. The summed E-state index contributed by atoms with van der Waals surface area (Å²) in [5, 5.41) is 18.9. The standard InChI is InChI=1S/C18H20N4/c1-11-12(2)16-8-14(10-20)22(6)18(16,4)17(3)15(11)7-13(9-19)21(17)5/h7-8H,1-6H3. The molecule has 1 aliphatic carbocycles. The van der Waals surface area contributed by atoms with E-state index >= 15 is 0 Å². The van der Waals surface area contributed by atoms with Crippen LogP contribution in [0.3, 0.4) is 0 Å². The Bertz CT molecular complexity index is 728. The molecule has 0 bridgehead atoms. The fourth-order valence-electron chi connectivity index (χ4n) is 4.33. The number of nitrogens with zero attached hydrogens (tertiary/aromatic N) is 4. The van der Waals surface area contributed by atoms with Crippen molar-refractivity contribution in [2.75, 3.05) is 14.1 Å². The minimum Gasteiger partial charge on any atom is -0.354 e. The summed E-state index contributed by atoms with van der Waals surface area (Å²) in [6.07, 6.45) is 4.00. The van der Waals surface area contributed by atoms with Crippen molar-refractivity contribution in [3.8, 4) is 12.1 Å². The highest BCUT2D eigenvalue weighted by atomic mass is 15.3. The summed E-state index contributed by atoms with van der Waals surface area (Å²) in [6, 6.07) is 4.60. The highest BCUT2D eigenvalue weighted by Crippen LogP contribution is 2.57. The molecule has 0 amide bonds. The van der Waals surface area contributed by atoms with Crippen LogP contribution in [0, 0.1) is 22.7 Å². The molecule has 3 aliphatic rings. The van der Waals surface area contributed by atoms with Gasteiger partial charge in [-0.2, -0.15) is 10.5 Å². The van der Waals surface area contributed by atoms with Crippen molar-refractivity contribution in [2.24, 2.45) is 0 Å². The Hall–Kier alpha value is -2.46. The van der Waals surface area contributed by atoms with Crippen molar-refractivity contribution < 1.29 is 0 Å². The largest absolute Gasteiger partial charge is 0.354 e. The predicted octanol–water partition coefficient (Wildman–Crippen LogP) is 2.86. The van der Waals surface area contributed by atoms with Crippen LogP contribution < -0.4 is 0 Å². The first-order chi connectivity index (χ1) is 10.2. The Kier molecular flexibility index (Phi) is 2.66. The van der Waals surface area contributed by atoms with Crippen LogP contribution in [0.15, 0.2) is 45.8 Å². The minimum atomic E-state index is -0.374. The molecule has 0 saturated carbocycles. The second-order valence-corrected chi connectivity index (χ2v) is 6.62. The lowest BCUT2D eigenvalue weighted by atomic mass is 9.64. The molecule has 112 valence electrons. The number of likely N-dealkylation sites (N-methyl/N-ethyl adjacent to an activating group) is 2. The first kappa shape index (κ1) is 14.5. The number of hydrogen-bond acceptors (Lipinski definition) is 4. The van der Waals surface area contributed by atoms with E-state index in [1.165, 1.54) is 22.3 Å². The van der Waals surface area contributed by atoms with Gasteiger partial charge in [-0.25, -0.2) is 0 Å². The van der Waals surface area contributed by atoms with Crippen LogP contribution in [-0.4, -0.2) is 35.0 Å². The first-order valence-electron chi connectivity index (χ1n) is 7.39. The molecule has 0 aromatic rings. The predicted molar refractivity (Wildman–Crippen MR) is 85.1 cm³/mol. The molecule has 22 heavy (non-hydrogen) atoms. The van der Waals surface area contributed by atoms with E-state index in [1.54, 1.807) is 0 Å². The average molecular weight is 292 g/mol. The van der Waals surface area contributed by atoms with Crippen LogP contribution in [-0.2, 0) is 0 Å². The van der Waals surface area contributed by atoms with Crippen molar-refractivity contribution >= 4 is 0 Å². The summed E-state index contributed by atoms with van der Waals surface area (Å²) >= 11 is 0. The van der Waals surface area contributed by atoms with Crippen molar-refractivity contribution in [2.45, 2.75) is 38.8 Å². The monoisotopic (exact) mass is 292 g/mol. The van der Waals surface area contributed by atoms with Gasteiger partial charge >= 0.3 is 0 Å². The van der Waals surface area contributed by atoms with E-state index in [1.807, 2.05) is 26.2 Å². The van der Waals surface area contributed by atoms with Crippen molar-refractivity contribution in [3.63, 3.8) is 0 Å². The number of hydrogen-bond donors (Lipinski definition) is 0. The molecule has 2 aliphatic heterocycles. The fourth-order valence-corrected chi connectivity index (χ4v) is 4.33. The van der Waals surface area contributed by atoms with Gasteiger partial charge in [0.05, 0.1) is 11.1 Å². The summed E-state index contributed by atoms with van der Waals surface area (Å²) in [6.45, 7) is 8.56. The Balaban J connectivity index is 2.37. The third-order valence-electron chi connectivity index (χ3n) is 6.22. The Morgan fingerprint density at radius 1 is 0.818 bits per heavy atom. The van der Waals surface area contributed by atoms with E-state index in [2.05, 4.69) is 49.6 Å². The molecule has 3 rings (SSSR count). The maximum Gasteiger partial charge on any atom is 0.117 e. The molecule has 0 N–H and O–H groups in total. The van der Waals surface area contributed by atoms with Crippen LogP contribution in [0.4, 0.5) is 0 Å². The maximum atomic E-state index is 9.46. The Morgan fingerprint density at radius 3 is 1.41 bits per heavy atom. The lowest BCUT2D eigenvalue weighted by Gasteiger charge is -2.55. The highest BCUT2D eigenvalue weighted by molar-refractivity contribution is 5.67. The van der Waals surface area contributed by atoms with E-state index in [9.17, 15) is 10.5 Å². The topological polar surface area (TPSA) is 54.1 Å². The van der Waals surface area contributed by atoms with E-state index in [0.29, 0.717) is 11.4 Å². The van der Waals surface area contributed by atoms with Gasteiger partial charge in [0.25, 0.3) is 0 Å². The van der Waals surface area contributed by atoms with Gasteiger partial charge in [0.2, 0.25) is 0 Å². The van der Waals surface area contributed by atoms with Gasteiger partial charge in [-0.1, -0.05) is 0 Å². The smallest absolute Gasteiger partial charge is 0.117 e. The molecule has 0 radical (unpaired) electrons. The Morgan fingerprint density at radius 2 is 1.14 bits per heavy atom. The van der Waals surface area contributed by atoms with Crippen LogP contribution in [0.1, 0.15) is 27.7 Å². The average Bonchev–Trinajstić information content (AvgIpc) is 2.93. The quantitative estimate of drug-likeness (QED) is 0.689. The molecule has 0 aromatic heterocycles. The maximum absolute atomic E-state index is 9.46. The summed E-state index contributed by atoms with van der Waals surface area (Å²) in [5.41, 5.74) is 5.36. The van der Waals surface area contributed by atoms with Crippen molar-refractivity contribution in [3.05, 3.63) is 45.8 Å². The molecule has 2 atom stereocenters. The van der Waals surface area contributed by atoms with E-state index in [0.717, 1.165) is 0 Å². The summed E-state index contributed by atoms with van der Waals surface area (Å²) in [7, 11) is 3.94. The molecule has 4 nitrogen and oxygen atoms in total. The second kappa shape index (κ2) is 4.05. The number of fused-ring (bicyclic) bond motifs is 3. The summed E-state index contributed by atoms with van der Waals surface area (Å²) in [4.78, 5) is 4.12. The highest BCUT2D eigenvalue weighted by Gasteiger charge is 2.61. The van der Waals surface area contributed by atoms with Gasteiger partial charge in [0.1, 0.15) is 23.5 Å². The fraction of sp³-hybridized carbons (Fsp3) is 0.444. The summed E-state index contributed by atoms with van der Waals surface area (Å²) < 4.78 is 0. The summed E-state index contributed by atoms with van der Waals surface area (Å²) in [5.74, 6) is 0. The SMILES string of the molecule is CC1=C2C=C(C#N)N(C)C2(C)C2(C)C(=C1C)C=C(C#N)N2C. The van der Waals surface area contributed by atoms with Gasteiger partial charge < -0.3 is 9.80 Å². The van der Waals surface area contributed by atoms with Gasteiger partial charge in [-0.15, -0.1) is 0 Å². The molecule has 2 heterocycles. The van der Waals surface area contributed by atoms with Crippen LogP contribution >= 0.6 is 0 Å². The molecular weight excluding hydrogens is 272 g/mol. The third-order valence-corrected chi connectivity index (χ3v) is 6.22. The second-order valence-electron chi connectivity index (χ2n) is 6.62. The molecule has 0 fully saturated rings. The van der Waals surface area contributed by atoms with E-state index in [4.69, 9.17) is 0 Å². The molecule has 4 heteroatoms. The zero-order valence-corrected chi connectivity index (χ0v) is 13.9. The van der Waals surface area contributed by atoms with Crippen LogP contribution in [0.25, 0.3) is 0 Å². The van der Waals surface area contributed by atoms with Crippen LogP contribution in [0.5, 0.6) is 0 Å². The van der Waals surface area contributed by atoms with E-state index < -0.39 is 0 Å². The zero-order chi connectivity index (χ0) is 16.4. The van der Waals surface area contributed by atoms with Gasteiger partial charge in [0.15, 0.2) is 0 Å². The number of nitriles is 2. The van der Waals surface area contributed by atoms with Gasteiger partial charge in [-0.3, -0.25) is 0 Å². The number of rotatable bonds is 0. The Labute approximate surface area is 131 Å². The molecule has 0 aromatic carbocycles. The normalized spacial score (nSPS) is 33.3. The molecular formula is C18H20N4. The van der Waals surface area contributed by atoms with Crippen molar-refractivity contribution in [1.82, 2.24) is 9.80 Å². The lowest BCUT2D eigenvalue weighted by molar-refractivity contribution is 0.0747. The zero-order valence-electron chi connectivity index (χ0n) is 13.9.